The minimum atomic E-state index is -0.526. The van der Waals surface area contributed by atoms with Gasteiger partial charge in [0.2, 0.25) is 11.0 Å². The predicted octanol–water partition coefficient (Wildman–Crippen LogP) is 6.64. The summed E-state index contributed by atoms with van der Waals surface area (Å²) >= 11 is 2.68. The molecule has 216 valence electrons. The van der Waals surface area contributed by atoms with Crippen LogP contribution in [-0.2, 0) is 9.59 Å². The van der Waals surface area contributed by atoms with Crippen molar-refractivity contribution in [2.24, 2.45) is 0 Å². The van der Waals surface area contributed by atoms with Gasteiger partial charge in [-0.2, -0.15) is 0 Å². The van der Waals surface area contributed by atoms with Gasteiger partial charge in [0.05, 0.1) is 5.25 Å². The molecule has 0 saturated carbocycles. The third kappa shape index (κ3) is 8.06. The monoisotopic (exact) mass is 609 g/mol. The molecule has 0 aliphatic carbocycles. The van der Waals surface area contributed by atoms with Crippen molar-refractivity contribution in [3.05, 3.63) is 119 Å². The maximum Gasteiger partial charge on any atom is 0.272 e. The molecule has 5 aromatic rings. The number of hydrogen-bond acceptors (Lipinski definition) is 8. The second-order valence-corrected chi connectivity index (χ2v) is 11.9. The summed E-state index contributed by atoms with van der Waals surface area (Å²) in [5, 5.41) is 17.0. The van der Waals surface area contributed by atoms with Gasteiger partial charge in [-0.15, -0.1) is 22.0 Å². The minimum Gasteiger partial charge on any atom is -0.457 e. The maximum absolute atomic E-state index is 13.4. The van der Waals surface area contributed by atoms with E-state index in [0.29, 0.717) is 27.9 Å². The molecule has 0 fully saturated rings. The molecule has 3 N–H and O–H groups in total. The molecule has 0 aliphatic heterocycles. The van der Waals surface area contributed by atoms with Gasteiger partial charge in [-0.25, -0.2) is 0 Å². The predicted molar refractivity (Wildman–Crippen MR) is 170 cm³/mol. The van der Waals surface area contributed by atoms with Gasteiger partial charge in [-0.05, 0) is 62.4 Å². The van der Waals surface area contributed by atoms with Gasteiger partial charge in [0, 0.05) is 27.8 Å². The Morgan fingerprint density at radius 3 is 2.23 bits per heavy atom. The van der Waals surface area contributed by atoms with Crippen molar-refractivity contribution in [2.45, 2.75) is 24.0 Å². The lowest BCUT2D eigenvalue weighted by molar-refractivity contribution is -0.115. The molecule has 0 bridgehead atoms. The number of nitrogens with zero attached hydrogens (tertiary/aromatic N) is 2. The highest BCUT2D eigenvalue weighted by Gasteiger charge is 2.18. The van der Waals surface area contributed by atoms with Crippen molar-refractivity contribution >= 4 is 57.7 Å². The lowest BCUT2D eigenvalue weighted by Crippen LogP contribution is -2.30. The molecule has 0 radical (unpaired) electrons. The molecule has 0 saturated heterocycles. The summed E-state index contributed by atoms with van der Waals surface area (Å²) in [6, 6.07) is 28.8. The van der Waals surface area contributed by atoms with Crippen LogP contribution in [0.25, 0.3) is 17.4 Å². The number of thioether (sulfide) groups is 1. The van der Waals surface area contributed by atoms with Gasteiger partial charge in [0.25, 0.3) is 11.8 Å². The quantitative estimate of drug-likeness (QED) is 0.120. The van der Waals surface area contributed by atoms with Crippen LogP contribution in [0, 0.1) is 6.92 Å². The summed E-state index contributed by atoms with van der Waals surface area (Å²) in [7, 11) is 0. The second-order valence-electron chi connectivity index (χ2n) is 9.30. The van der Waals surface area contributed by atoms with Gasteiger partial charge < -0.3 is 15.1 Å². The number of nitrogens with one attached hydrogen (secondary N) is 3. The normalized spacial score (nSPS) is 11.9. The Kier molecular flexibility index (Phi) is 9.45. The van der Waals surface area contributed by atoms with Crippen LogP contribution in [0.5, 0.6) is 0 Å². The molecule has 0 aliphatic rings. The Labute approximate surface area is 256 Å². The third-order valence-corrected chi connectivity index (χ3v) is 7.92. The van der Waals surface area contributed by atoms with E-state index in [1.165, 1.54) is 29.2 Å². The number of amides is 3. The number of furan rings is 1. The van der Waals surface area contributed by atoms with Crippen molar-refractivity contribution in [3.63, 3.8) is 0 Å². The highest BCUT2D eigenvalue weighted by atomic mass is 32.2. The molecule has 43 heavy (non-hydrogen) atoms. The molecular weight excluding hydrogens is 583 g/mol. The molecule has 9 nitrogen and oxygen atoms in total. The molecule has 0 spiro atoms. The summed E-state index contributed by atoms with van der Waals surface area (Å²) < 4.78 is 5.95. The first kappa shape index (κ1) is 29.5. The molecule has 11 heteroatoms. The number of aryl methyl sites for hydroxylation is 1. The van der Waals surface area contributed by atoms with Crippen LogP contribution in [0.4, 0.5) is 10.8 Å². The van der Waals surface area contributed by atoms with Crippen LogP contribution in [0.15, 0.2) is 112 Å². The highest BCUT2D eigenvalue weighted by Crippen LogP contribution is 2.27. The van der Waals surface area contributed by atoms with Crippen molar-refractivity contribution in [1.29, 1.82) is 0 Å². The van der Waals surface area contributed by atoms with Crippen molar-refractivity contribution in [2.75, 3.05) is 10.6 Å². The standard InChI is InChI=1S/C32H27N5O4S2/c1-20(29(38)35-32-37-36-21(2)43-32)42-26-16-13-24(14-17-26)33-31(40)27(34-30(39)23-11-7-4-8-12-23)19-25-15-18-28(41-25)22-9-5-3-6-10-22/h3-20H,1-2H3,(H,33,40)(H,34,39)(H,35,37,38)/b27-19-/t20-/m1/s1. The van der Waals surface area contributed by atoms with Crippen LogP contribution in [0.3, 0.4) is 0 Å². The van der Waals surface area contributed by atoms with Gasteiger partial charge in [-0.3, -0.25) is 19.7 Å². The van der Waals surface area contributed by atoms with E-state index in [-0.39, 0.29) is 16.9 Å². The maximum atomic E-state index is 13.4. The molecule has 2 heterocycles. The molecule has 3 amide bonds. The molecule has 5 rings (SSSR count). The van der Waals surface area contributed by atoms with E-state index in [2.05, 4.69) is 26.1 Å². The van der Waals surface area contributed by atoms with Crippen LogP contribution in [-0.4, -0.2) is 33.2 Å². The van der Waals surface area contributed by atoms with Gasteiger partial charge >= 0.3 is 0 Å². The van der Waals surface area contributed by atoms with E-state index < -0.39 is 11.8 Å². The zero-order valence-electron chi connectivity index (χ0n) is 23.2. The van der Waals surface area contributed by atoms with Crippen LogP contribution >= 0.6 is 23.1 Å². The Balaban J connectivity index is 1.28. The zero-order chi connectivity index (χ0) is 30.2. The van der Waals surface area contributed by atoms with E-state index >= 15 is 0 Å². The van der Waals surface area contributed by atoms with Crippen LogP contribution in [0.1, 0.15) is 28.0 Å². The second kappa shape index (κ2) is 13.8. The fraction of sp³-hybridized carbons (Fsp3) is 0.0938. The summed E-state index contributed by atoms with van der Waals surface area (Å²) in [6.07, 6.45) is 1.49. The number of carbonyl (C=O) groups excluding carboxylic acids is 3. The van der Waals surface area contributed by atoms with Gasteiger partial charge in [0.1, 0.15) is 22.2 Å². The van der Waals surface area contributed by atoms with Gasteiger partial charge in [0.15, 0.2) is 0 Å². The summed E-state index contributed by atoms with van der Waals surface area (Å²) in [5.41, 5.74) is 1.83. The number of benzene rings is 3. The largest absolute Gasteiger partial charge is 0.457 e. The highest BCUT2D eigenvalue weighted by molar-refractivity contribution is 8.00. The zero-order valence-corrected chi connectivity index (χ0v) is 24.9. The van der Waals surface area contributed by atoms with Crippen molar-refractivity contribution in [1.82, 2.24) is 15.5 Å². The average Bonchev–Trinajstić information content (AvgIpc) is 3.67. The summed E-state index contributed by atoms with van der Waals surface area (Å²) in [5.74, 6) is -0.103. The topological polar surface area (TPSA) is 126 Å². The fourth-order valence-corrected chi connectivity index (χ4v) is 5.36. The Morgan fingerprint density at radius 1 is 0.860 bits per heavy atom. The lowest BCUT2D eigenvalue weighted by atomic mass is 10.2. The molecule has 2 aromatic heterocycles. The van der Waals surface area contributed by atoms with E-state index in [9.17, 15) is 14.4 Å². The number of rotatable bonds is 10. The van der Waals surface area contributed by atoms with Crippen molar-refractivity contribution < 1.29 is 18.8 Å². The van der Waals surface area contributed by atoms with Crippen molar-refractivity contribution in [3.8, 4) is 11.3 Å². The fourth-order valence-electron chi connectivity index (χ4n) is 3.90. The number of carbonyl (C=O) groups is 3. The molecular formula is C32H27N5O4S2. The lowest BCUT2D eigenvalue weighted by Gasteiger charge is -2.12. The van der Waals surface area contributed by atoms with E-state index in [1.54, 1.807) is 49.4 Å². The molecule has 3 aromatic carbocycles. The average molecular weight is 610 g/mol. The molecule has 0 unspecified atom stereocenters. The smallest absolute Gasteiger partial charge is 0.272 e. The number of aromatic nitrogens is 2. The van der Waals surface area contributed by atoms with E-state index in [1.807, 2.05) is 61.5 Å². The van der Waals surface area contributed by atoms with Crippen LogP contribution < -0.4 is 16.0 Å². The third-order valence-electron chi connectivity index (χ3n) is 6.05. The SMILES string of the molecule is Cc1nnc(NC(=O)[C@@H](C)Sc2ccc(NC(=O)/C(=C/c3ccc(-c4ccccc4)o3)NC(=O)c3ccccc3)cc2)s1. The number of hydrogen-bond donors (Lipinski definition) is 3. The summed E-state index contributed by atoms with van der Waals surface area (Å²) in [6.45, 7) is 3.62. The first-order chi connectivity index (χ1) is 20.8. The molecule has 1 atom stereocenters. The summed E-state index contributed by atoms with van der Waals surface area (Å²) in [4.78, 5) is 39.7. The first-order valence-corrected chi connectivity index (χ1v) is 15.0. The number of anilines is 2. The van der Waals surface area contributed by atoms with Crippen LogP contribution in [0.2, 0.25) is 0 Å². The van der Waals surface area contributed by atoms with E-state index in [0.717, 1.165) is 15.5 Å². The van der Waals surface area contributed by atoms with E-state index in [4.69, 9.17) is 4.42 Å². The minimum absolute atomic E-state index is 0.0125. The Morgan fingerprint density at radius 2 is 1.56 bits per heavy atom. The Hall–Kier alpha value is -5.00. The van der Waals surface area contributed by atoms with Gasteiger partial charge in [-0.1, -0.05) is 59.9 Å². The Bertz CT molecular complexity index is 1750. The first-order valence-electron chi connectivity index (χ1n) is 13.3.